The van der Waals surface area contributed by atoms with Gasteiger partial charge in [0.2, 0.25) is 11.8 Å². The molecule has 6 aliphatic rings. The Morgan fingerprint density at radius 2 is 1.07 bits per heavy atom. The summed E-state index contributed by atoms with van der Waals surface area (Å²) in [6.07, 6.45) is 23.3. The molecular formula is C42H64N2O2. The van der Waals surface area contributed by atoms with E-state index in [-0.39, 0.29) is 33.5 Å². The van der Waals surface area contributed by atoms with Crippen molar-refractivity contribution in [1.82, 2.24) is 10.6 Å². The Balaban J connectivity index is 1.08. The predicted octanol–water partition coefficient (Wildman–Crippen LogP) is 9.49. The van der Waals surface area contributed by atoms with Crippen LogP contribution in [0.2, 0.25) is 0 Å². The van der Waals surface area contributed by atoms with Crippen molar-refractivity contribution in [3.05, 3.63) is 46.6 Å². The summed E-state index contributed by atoms with van der Waals surface area (Å²) in [5, 5.41) is 6.64. The Labute approximate surface area is 280 Å². The smallest absolute Gasteiger partial charge is 0.226 e. The molecular weight excluding hydrogens is 564 g/mol. The zero-order chi connectivity index (χ0) is 33.1. The number of fused-ring (bicyclic) bond motifs is 6. The van der Waals surface area contributed by atoms with Crippen LogP contribution in [0.4, 0.5) is 0 Å². The first-order valence-electron chi connectivity index (χ1n) is 19.1. The van der Waals surface area contributed by atoms with Crippen LogP contribution in [0.3, 0.4) is 0 Å². The van der Waals surface area contributed by atoms with Crippen LogP contribution in [0.1, 0.15) is 132 Å². The average Bonchev–Trinajstić information content (AvgIpc) is 3.02. The zero-order valence-electron chi connectivity index (χ0n) is 30.5. The summed E-state index contributed by atoms with van der Waals surface area (Å²) in [5.41, 5.74) is 5.86. The molecule has 2 fully saturated rings. The number of carbonyl (C=O) groups is 2. The predicted molar refractivity (Wildman–Crippen MR) is 190 cm³/mol. The molecule has 4 heteroatoms. The third-order valence-electron chi connectivity index (χ3n) is 14.9. The molecule has 8 atom stereocenters. The van der Waals surface area contributed by atoms with Crippen molar-refractivity contribution >= 4 is 11.8 Å². The summed E-state index contributed by atoms with van der Waals surface area (Å²) in [6, 6.07) is 0. The molecule has 0 aliphatic heterocycles. The fourth-order valence-corrected chi connectivity index (χ4v) is 12.0. The summed E-state index contributed by atoms with van der Waals surface area (Å²) in [7, 11) is 0. The van der Waals surface area contributed by atoms with E-state index >= 15 is 0 Å². The van der Waals surface area contributed by atoms with Crippen LogP contribution < -0.4 is 10.6 Å². The van der Waals surface area contributed by atoms with E-state index in [4.69, 9.17) is 0 Å². The highest BCUT2D eigenvalue weighted by Gasteiger charge is 2.58. The molecule has 2 saturated carbocycles. The summed E-state index contributed by atoms with van der Waals surface area (Å²) < 4.78 is 0. The Morgan fingerprint density at radius 3 is 1.43 bits per heavy atom. The number of allylic oxidation sites excluding steroid dienone is 8. The minimum atomic E-state index is -0.367. The maximum atomic E-state index is 14.0. The maximum absolute atomic E-state index is 14.0. The van der Waals surface area contributed by atoms with Gasteiger partial charge in [-0.15, -0.1) is 0 Å². The van der Waals surface area contributed by atoms with Gasteiger partial charge in [0, 0.05) is 13.1 Å². The molecule has 0 spiro atoms. The van der Waals surface area contributed by atoms with Crippen LogP contribution >= 0.6 is 0 Å². The van der Waals surface area contributed by atoms with Gasteiger partial charge >= 0.3 is 0 Å². The van der Waals surface area contributed by atoms with Gasteiger partial charge in [-0.2, -0.15) is 0 Å². The summed E-state index contributed by atoms with van der Waals surface area (Å²) >= 11 is 0. The first kappa shape index (κ1) is 33.8. The molecule has 0 aromatic heterocycles. The molecule has 4 nitrogen and oxygen atoms in total. The van der Waals surface area contributed by atoms with Crippen molar-refractivity contribution in [1.29, 1.82) is 0 Å². The quantitative estimate of drug-likeness (QED) is 0.276. The van der Waals surface area contributed by atoms with E-state index in [1.54, 1.807) is 22.3 Å². The van der Waals surface area contributed by atoms with E-state index in [1.807, 2.05) is 0 Å². The number of amides is 2. The lowest BCUT2D eigenvalue weighted by Crippen LogP contribution is -2.57. The highest BCUT2D eigenvalue weighted by molar-refractivity contribution is 5.84. The molecule has 254 valence electrons. The van der Waals surface area contributed by atoms with Gasteiger partial charge in [-0.05, 0) is 122 Å². The SMILES string of the molecule is CC(C)C1=CC2=CC[C@H]3[C@@](C)(CCC[C@@]3(C)C(=O)NCCNC(=O)[C@]3(C)CCC[C@@]4(C)[C@H]5CCC(C(C)C)=CC5=CC[C@@H]43)[C@@H]2CC1. The summed E-state index contributed by atoms with van der Waals surface area (Å²) in [4.78, 5) is 28.0. The lowest BCUT2D eigenvalue weighted by molar-refractivity contribution is -0.145. The molecule has 0 aromatic carbocycles. The van der Waals surface area contributed by atoms with Gasteiger partial charge in [0.05, 0.1) is 10.8 Å². The highest BCUT2D eigenvalue weighted by atomic mass is 16.2. The normalized spacial score (nSPS) is 40.3. The molecule has 0 radical (unpaired) electrons. The van der Waals surface area contributed by atoms with Gasteiger partial charge in [-0.1, -0.05) is 104 Å². The minimum absolute atomic E-state index is 0.169. The minimum Gasteiger partial charge on any atom is -0.354 e. The van der Waals surface area contributed by atoms with E-state index in [1.165, 1.54) is 38.5 Å². The van der Waals surface area contributed by atoms with Gasteiger partial charge in [0.25, 0.3) is 0 Å². The number of nitrogens with one attached hydrogen (secondary N) is 2. The third kappa shape index (κ3) is 5.50. The van der Waals surface area contributed by atoms with Crippen molar-refractivity contribution < 1.29 is 9.59 Å². The van der Waals surface area contributed by atoms with Crippen molar-refractivity contribution in [2.45, 2.75) is 132 Å². The number of rotatable bonds is 7. The first-order valence-corrected chi connectivity index (χ1v) is 19.1. The van der Waals surface area contributed by atoms with E-state index in [0.717, 1.165) is 38.5 Å². The Kier molecular flexibility index (Phi) is 9.12. The van der Waals surface area contributed by atoms with Crippen molar-refractivity contribution in [2.75, 3.05) is 13.1 Å². The Bertz CT molecular complexity index is 1250. The van der Waals surface area contributed by atoms with Gasteiger partial charge in [-0.25, -0.2) is 0 Å². The Morgan fingerprint density at radius 1 is 0.674 bits per heavy atom. The van der Waals surface area contributed by atoms with Crippen LogP contribution in [0.15, 0.2) is 46.6 Å². The van der Waals surface area contributed by atoms with Crippen LogP contribution in [-0.2, 0) is 9.59 Å². The third-order valence-corrected chi connectivity index (χ3v) is 14.9. The van der Waals surface area contributed by atoms with Crippen molar-refractivity contribution in [3.63, 3.8) is 0 Å². The second kappa shape index (κ2) is 12.4. The fourth-order valence-electron chi connectivity index (χ4n) is 12.0. The summed E-state index contributed by atoms with van der Waals surface area (Å²) in [5.74, 6) is 3.46. The molecule has 0 bridgehead atoms. The van der Waals surface area contributed by atoms with Gasteiger partial charge in [0.1, 0.15) is 0 Å². The second-order valence-corrected chi connectivity index (χ2v) is 18.0. The first-order chi connectivity index (χ1) is 21.7. The maximum Gasteiger partial charge on any atom is 0.226 e. The molecule has 2 N–H and O–H groups in total. The monoisotopic (exact) mass is 628 g/mol. The molecule has 6 rings (SSSR count). The van der Waals surface area contributed by atoms with Crippen LogP contribution in [0.25, 0.3) is 0 Å². The number of hydrogen-bond acceptors (Lipinski definition) is 2. The van der Waals surface area contributed by atoms with Gasteiger partial charge in [-0.3, -0.25) is 9.59 Å². The fraction of sp³-hybridized carbons (Fsp3) is 0.762. The zero-order valence-corrected chi connectivity index (χ0v) is 30.5. The number of carbonyl (C=O) groups excluding carboxylic acids is 2. The van der Waals surface area contributed by atoms with E-state index < -0.39 is 0 Å². The van der Waals surface area contributed by atoms with Gasteiger partial charge in [0.15, 0.2) is 0 Å². The highest BCUT2D eigenvalue weighted by Crippen LogP contribution is 2.63. The lowest BCUT2D eigenvalue weighted by Gasteiger charge is -2.58. The topological polar surface area (TPSA) is 58.2 Å². The van der Waals surface area contributed by atoms with E-state index in [9.17, 15) is 9.59 Å². The van der Waals surface area contributed by atoms with Crippen molar-refractivity contribution in [2.24, 2.45) is 57.2 Å². The molecule has 0 saturated heterocycles. The van der Waals surface area contributed by atoms with Gasteiger partial charge < -0.3 is 10.6 Å². The Hall–Kier alpha value is -2.10. The van der Waals surface area contributed by atoms with Crippen LogP contribution in [-0.4, -0.2) is 24.9 Å². The standard InChI is InChI=1S/C42H64N2O2/c1-27(2)29-11-15-33-31(25-29)13-17-35-39(33,5)19-9-21-41(35,7)37(45)43-23-24-44-38(46)42(8)22-10-20-40(6)34-16-12-30(28(3)4)26-32(34)14-18-36(40)42/h13-14,25-28,33-36H,9-12,15-24H2,1-8H3,(H,43,45)(H,44,46)/t33-,34+,35-,36-,39-,40-,41+,42+/m0/s1. The molecule has 0 aromatic rings. The van der Waals surface area contributed by atoms with Crippen molar-refractivity contribution in [3.8, 4) is 0 Å². The second-order valence-electron chi connectivity index (χ2n) is 18.0. The van der Waals surface area contributed by atoms with Crippen LogP contribution in [0, 0.1) is 57.2 Å². The largest absolute Gasteiger partial charge is 0.354 e. The molecule has 2 amide bonds. The summed E-state index contributed by atoms with van der Waals surface area (Å²) in [6.45, 7) is 19.7. The van der Waals surface area contributed by atoms with Crippen LogP contribution in [0.5, 0.6) is 0 Å². The van der Waals surface area contributed by atoms with E-state index in [0.29, 0.717) is 48.6 Å². The average molecular weight is 629 g/mol. The van der Waals surface area contributed by atoms with E-state index in [2.05, 4.69) is 90.3 Å². The molecule has 0 heterocycles. The molecule has 0 unspecified atom stereocenters. The lowest BCUT2D eigenvalue weighted by atomic mass is 9.46. The molecule has 6 aliphatic carbocycles. The molecule has 46 heavy (non-hydrogen) atoms. The number of hydrogen-bond donors (Lipinski definition) is 2.